The number of H-pyrrole nitrogens is 1. The number of rotatable bonds is 5. The minimum absolute atomic E-state index is 0.0490. The molecule has 0 spiro atoms. The quantitative estimate of drug-likeness (QED) is 0.912. The molecule has 0 atom stereocenters. The van der Waals surface area contributed by atoms with Gasteiger partial charge in [0.15, 0.2) is 5.69 Å². The Bertz CT molecular complexity index is 727. The molecule has 5 heteroatoms. The van der Waals surface area contributed by atoms with Crippen LogP contribution >= 0.6 is 0 Å². The molecule has 1 N–H and O–H groups in total. The molecule has 1 aromatic heterocycles. The van der Waals surface area contributed by atoms with Crippen LogP contribution in [0.2, 0.25) is 0 Å². The van der Waals surface area contributed by atoms with E-state index in [4.69, 9.17) is 0 Å². The SMILES string of the molecule is CCc1[nH]nc(C(=O)N2CCN(CC=Cc3ccccc3)CC2)c1C. The van der Waals surface area contributed by atoms with E-state index in [0.717, 1.165) is 50.4 Å². The third-order valence-corrected chi connectivity index (χ3v) is 4.80. The van der Waals surface area contributed by atoms with E-state index < -0.39 is 0 Å². The summed E-state index contributed by atoms with van der Waals surface area (Å²) in [6, 6.07) is 10.3. The molecular formula is C20H26N4O. The van der Waals surface area contributed by atoms with Gasteiger partial charge in [-0.25, -0.2) is 0 Å². The van der Waals surface area contributed by atoms with Crippen molar-refractivity contribution in [3.63, 3.8) is 0 Å². The van der Waals surface area contributed by atoms with Crippen molar-refractivity contribution in [2.24, 2.45) is 0 Å². The fourth-order valence-corrected chi connectivity index (χ4v) is 3.17. The Morgan fingerprint density at radius 2 is 1.92 bits per heavy atom. The van der Waals surface area contributed by atoms with Crippen LogP contribution in [0.5, 0.6) is 0 Å². The lowest BCUT2D eigenvalue weighted by molar-refractivity contribution is 0.0643. The lowest BCUT2D eigenvalue weighted by Crippen LogP contribution is -2.48. The summed E-state index contributed by atoms with van der Waals surface area (Å²) in [6.45, 7) is 8.26. The molecule has 1 aromatic carbocycles. The van der Waals surface area contributed by atoms with Gasteiger partial charge in [0.1, 0.15) is 0 Å². The second-order valence-corrected chi connectivity index (χ2v) is 6.44. The molecule has 0 aliphatic carbocycles. The number of amides is 1. The van der Waals surface area contributed by atoms with Gasteiger partial charge in [0.05, 0.1) is 0 Å². The van der Waals surface area contributed by atoms with E-state index in [-0.39, 0.29) is 5.91 Å². The normalized spacial score (nSPS) is 15.8. The Balaban J connectivity index is 1.50. The lowest BCUT2D eigenvalue weighted by atomic mass is 10.1. The van der Waals surface area contributed by atoms with Gasteiger partial charge in [-0.1, -0.05) is 49.4 Å². The lowest BCUT2D eigenvalue weighted by Gasteiger charge is -2.33. The maximum atomic E-state index is 12.7. The number of benzene rings is 1. The summed E-state index contributed by atoms with van der Waals surface area (Å²) in [4.78, 5) is 17.0. The van der Waals surface area contributed by atoms with Crippen LogP contribution in [0.3, 0.4) is 0 Å². The van der Waals surface area contributed by atoms with Crippen molar-refractivity contribution in [3.8, 4) is 0 Å². The Kier molecular flexibility index (Phi) is 5.66. The van der Waals surface area contributed by atoms with Crippen molar-refractivity contribution in [3.05, 3.63) is 58.9 Å². The average molecular weight is 338 g/mol. The molecule has 1 saturated heterocycles. The van der Waals surface area contributed by atoms with E-state index >= 15 is 0 Å². The molecule has 0 unspecified atom stereocenters. The van der Waals surface area contributed by atoms with E-state index in [0.29, 0.717) is 5.69 Å². The maximum absolute atomic E-state index is 12.7. The van der Waals surface area contributed by atoms with Crippen LogP contribution in [0.25, 0.3) is 6.08 Å². The molecule has 2 aromatic rings. The van der Waals surface area contributed by atoms with E-state index in [1.807, 2.05) is 30.0 Å². The maximum Gasteiger partial charge on any atom is 0.274 e. The number of carbonyl (C=O) groups excluding carboxylic acids is 1. The van der Waals surface area contributed by atoms with Crippen molar-refractivity contribution < 1.29 is 4.79 Å². The van der Waals surface area contributed by atoms with Crippen LogP contribution in [-0.2, 0) is 6.42 Å². The van der Waals surface area contributed by atoms with Gasteiger partial charge in [0, 0.05) is 44.0 Å². The van der Waals surface area contributed by atoms with Gasteiger partial charge >= 0.3 is 0 Å². The van der Waals surface area contributed by atoms with Gasteiger partial charge in [-0.05, 0) is 18.9 Å². The number of aryl methyl sites for hydroxylation is 1. The Morgan fingerprint density at radius 3 is 2.56 bits per heavy atom. The number of hydrogen-bond acceptors (Lipinski definition) is 3. The predicted octanol–water partition coefficient (Wildman–Crippen LogP) is 2.75. The molecule has 0 bridgehead atoms. The van der Waals surface area contributed by atoms with Crippen LogP contribution in [-0.4, -0.2) is 58.6 Å². The number of nitrogens with zero attached hydrogens (tertiary/aromatic N) is 3. The monoisotopic (exact) mass is 338 g/mol. The molecular weight excluding hydrogens is 312 g/mol. The van der Waals surface area contributed by atoms with Crippen LogP contribution < -0.4 is 0 Å². The van der Waals surface area contributed by atoms with E-state index in [1.165, 1.54) is 5.56 Å². The summed E-state index contributed by atoms with van der Waals surface area (Å²) in [7, 11) is 0. The van der Waals surface area contributed by atoms with E-state index in [2.05, 4.69) is 46.3 Å². The zero-order valence-electron chi connectivity index (χ0n) is 15.0. The molecule has 1 aliphatic heterocycles. The third kappa shape index (κ3) is 4.17. The summed E-state index contributed by atoms with van der Waals surface area (Å²) in [6.07, 6.45) is 5.21. The highest BCUT2D eigenvalue weighted by atomic mass is 16.2. The molecule has 1 amide bonds. The Labute approximate surface area is 149 Å². The molecule has 5 nitrogen and oxygen atoms in total. The smallest absolute Gasteiger partial charge is 0.274 e. The fourth-order valence-electron chi connectivity index (χ4n) is 3.17. The van der Waals surface area contributed by atoms with Crippen LogP contribution in [0.4, 0.5) is 0 Å². The van der Waals surface area contributed by atoms with Gasteiger partial charge in [0.2, 0.25) is 0 Å². The zero-order valence-corrected chi connectivity index (χ0v) is 15.0. The third-order valence-electron chi connectivity index (χ3n) is 4.80. The Morgan fingerprint density at radius 1 is 1.20 bits per heavy atom. The molecule has 132 valence electrons. The topological polar surface area (TPSA) is 52.2 Å². The van der Waals surface area contributed by atoms with Crippen molar-refractivity contribution in [2.75, 3.05) is 32.7 Å². The van der Waals surface area contributed by atoms with Gasteiger partial charge < -0.3 is 4.90 Å². The summed E-state index contributed by atoms with van der Waals surface area (Å²) in [5.74, 6) is 0.0490. The first-order valence-electron chi connectivity index (χ1n) is 8.96. The van der Waals surface area contributed by atoms with Gasteiger partial charge in [0.25, 0.3) is 5.91 Å². The average Bonchev–Trinajstić information content (AvgIpc) is 3.03. The van der Waals surface area contributed by atoms with Crippen molar-refractivity contribution >= 4 is 12.0 Å². The number of aromatic nitrogens is 2. The minimum Gasteiger partial charge on any atom is -0.335 e. The molecule has 25 heavy (non-hydrogen) atoms. The minimum atomic E-state index is 0.0490. The molecule has 2 heterocycles. The number of hydrogen-bond donors (Lipinski definition) is 1. The number of piperazine rings is 1. The first-order chi connectivity index (χ1) is 12.2. The van der Waals surface area contributed by atoms with Gasteiger partial charge in [-0.2, -0.15) is 5.10 Å². The van der Waals surface area contributed by atoms with Crippen LogP contribution in [0.1, 0.15) is 34.2 Å². The second kappa shape index (κ2) is 8.12. The predicted molar refractivity (Wildman–Crippen MR) is 101 cm³/mol. The molecule has 1 fully saturated rings. The van der Waals surface area contributed by atoms with E-state index in [1.54, 1.807) is 0 Å². The molecule has 1 aliphatic rings. The van der Waals surface area contributed by atoms with Crippen molar-refractivity contribution in [1.29, 1.82) is 0 Å². The van der Waals surface area contributed by atoms with Gasteiger partial charge in [-0.3, -0.25) is 14.8 Å². The van der Waals surface area contributed by atoms with Crippen LogP contribution in [0.15, 0.2) is 36.4 Å². The van der Waals surface area contributed by atoms with E-state index in [9.17, 15) is 4.79 Å². The number of aromatic amines is 1. The molecule has 3 rings (SSSR count). The zero-order chi connectivity index (χ0) is 17.6. The highest BCUT2D eigenvalue weighted by molar-refractivity contribution is 5.94. The standard InChI is InChI=1S/C20H26N4O/c1-3-18-16(2)19(22-21-18)20(25)24-14-12-23(13-15-24)11-7-10-17-8-5-4-6-9-17/h4-10H,3,11-15H2,1-2H3,(H,21,22). The Hall–Kier alpha value is -2.40. The summed E-state index contributed by atoms with van der Waals surface area (Å²) < 4.78 is 0. The fraction of sp³-hybridized carbons (Fsp3) is 0.400. The van der Waals surface area contributed by atoms with Crippen molar-refractivity contribution in [2.45, 2.75) is 20.3 Å². The molecule has 0 radical (unpaired) electrons. The largest absolute Gasteiger partial charge is 0.335 e. The van der Waals surface area contributed by atoms with Gasteiger partial charge in [-0.15, -0.1) is 0 Å². The van der Waals surface area contributed by atoms with Crippen molar-refractivity contribution in [1.82, 2.24) is 20.0 Å². The number of carbonyl (C=O) groups is 1. The second-order valence-electron chi connectivity index (χ2n) is 6.44. The number of nitrogens with one attached hydrogen (secondary N) is 1. The highest BCUT2D eigenvalue weighted by Crippen LogP contribution is 2.14. The summed E-state index contributed by atoms with van der Waals surface area (Å²) in [5.41, 5.74) is 3.83. The summed E-state index contributed by atoms with van der Waals surface area (Å²) in [5, 5.41) is 7.20. The molecule has 0 saturated carbocycles. The van der Waals surface area contributed by atoms with Crippen LogP contribution in [0, 0.1) is 6.92 Å². The summed E-state index contributed by atoms with van der Waals surface area (Å²) >= 11 is 0. The first-order valence-corrected chi connectivity index (χ1v) is 8.96. The highest BCUT2D eigenvalue weighted by Gasteiger charge is 2.25. The first kappa shape index (κ1) is 17.4.